The summed E-state index contributed by atoms with van der Waals surface area (Å²) in [6.45, 7) is 0.717. The quantitative estimate of drug-likeness (QED) is 0.570. The lowest BCUT2D eigenvalue weighted by molar-refractivity contribution is 0.144. The molecular formula is C19H18N6O4S. The third-order valence-corrected chi connectivity index (χ3v) is 5.23. The SMILES string of the molecule is O=C(Nc1cccc(OC2CCN(C(=O)O)C2)n1)Nc1csc(-c2ccncc2)n1. The first-order chi connectivity index (χ1) is 14.6. The number of thiazole rings is 1. The van der Waals surface area contributed by atoms with Gasteiger partial charge in [0.05, 0.1) is 6.54 Å². The lowest BCUT2D eigenvalue weighted by atomic mass is 10.3. The average molecular weight is 426 g/mol. The van der Waals surface area contributed by atoms with E-state index in [9.17, 15) is 9.59 Å². The molecule has 0 bridgehead atoms. The van der Waals surface area contributed by atoms with E-state index in [2.05, 4.69) is 25.6 Å². The van der Waals surface area contributed by atoms with Gasteiger partial charge in [-0.3, -0.25) is 15.6 Å². The van der Waals surface area contributed by atoms with Crippen molar-refractivity contribution in [3.8, 4) is 16.5 Å². The second-order valence-electron chi connectivity index (χ2n) is 6.47. The van der Waals surface area contributed by atoms with Crippen LogP contribution in [-0.2, 0) is 0 Å². The van der Waals surface area contributed by atoms with Crippen LogP contribution in [-0.4, -0.2) is 56.3 Å². The number of carbonyl (C=O) groups excluding carboxylic acids is 1. The van der Waals surface area contributed by atoms with E-state index in [-0.39, 0.29) is 6.10 Å². The van der Waals surface area contributed by atoms with Crippen molar-refractivity contribution in [3.63, 3.8) is 0 Å². The Hall–Kier alpha value is -3.73. The Kier molecular flexibility index (Phi) is 5.70. The number of hydrogen-bond acceptors (Lipinski definition) is 7. The van der Waals surface area contributed by atoms with Gasteiger partial charge in [-0.15, -0.1) is 11.3 Å². The summed E-state index contributed by atoms with van der Waals surface area (Å²) in [4.78, 5) is 37.2. The molecule has 30 heavy (non-hydrogen) atoms. The van der Waals surface area contributed by atoms with Crippen LogP contribution in [0.3, 0.4) is 0 Å². The highest BCUT2D eigenvalue weighted by molar-refractivity contribution is 7.13. The van der Waals surface area contributed by atoms with Crippen LogP contribution in [0.15, 0.2) is 48.1 Å². The summed E-state index contributed by atoms with van der Waals surface area (Å²) < 4.78 is 5.74. The Morgan fingerprint density at radius 3 is 2.70 bits per heavy atom. The van der Waals surface area contributed by atoms with Crippen LogP contribution in [0.25, 0.3) is 10.6 Å². The molecule has 154 valence electrons. The molecule has 0 spiro atoms. The van der Waals surface area contributed by atoms with Crippen LogP contribution in [0.4, 0.5) is 21.2 Å². The summed E-state index contributed by atoms with van der Waals surface area (Å²) in [5.41, 5.74) is 0.920. The van der Waals surface area contributed by atoms with Gasteiger partial charge in [0.2, 0.25) is 5.88 Å². The molecule has 0 radical (unpaired) electrons. The lowest BCUT2D eigenvalue weighted by Crippen LogP contribution is -2.29. The van der Waals surface area contributed by atoms with E-state index in [1.165, 1.54) is 16.2 Å². The number of carboxylic acid groups (broad SMARTS) is 1. The van der Waals surface area contributed by atoms with Gasteiger partial charge in [0, 0.05) is 42.4 Å². The van der Waals surface area contributed by atoms with E-state index in [1.54, 1.807) is 36.0 Å². The smallest absolute Gasteiger partial charge is 0.407 e. The number of pyridine rings is 2. The second kappa shape index (κ2) is 8.74. The zero-order valence-corrected chi connectivity index (χ0v) is 16.5. The van der Waals surface area contributed by atoms with Gasteiger partial charge in [-0.1, -0.05) is 6.07 Å². The molecule has 3 amide bonds. The van der Waals surface area contributed by atoms with Crippen molar-refractivity contribution in [3.05, 3.63) is 48.1 Å². The molecule has 1 aliphatic rings. The molecule has 1 unspecified atom stereocenters. The number of carbonyl (C=O) groups is 2. The minimum Gasteiger partial charge on any atom is -0.472 e. The Morgan fingerprint density at radius 1 is 1.13 bits per heavy atom. The van der Waals surface area contributed by atoms with E-state index >= 15 is 0 Å². The van der Waals surface area contributed by atoms with E-state index in [1.807, 2.05) is 12.1 Å². The van der Waals surface area contributed by atoms with Gasteiger partial charge in [0.25, 0.3) is 0 Å². The van der Waals surface area contributed by atoms with E-state index in [4.69, 9.17) is 9.84 Å². The summed E-state index contributed by atoms with van der Waals surface area (Å²) in [6, 6.07) is 8.20. The molecule has 4 heterocycles. The number of nitrogens with zero attached hydrogens (tertiary/aromatic N) is 4. The summed E-state index contributed by atoms with van der Waals surface area (Å²) in [6.07, 6.45) is 2.73. The van der Waals surface area contributed by atoms with Crippen LogP contribution < -0.4 is 15.4 Å². The largest absolute Gasteiger partial charge is 0.472 e. The van der Waals surface area contributed by atoms with Crippen LogP contribution in [0.2, 0.25) is 0 Å². The Labute approximate surface area is 175 Å². The number of rotatable bonds is 5. The molecule has 3 aromatic rings. The molecule has 10 nitrogen and oxygen atoms in total. The summed E-state index contributed by atoms with van der Waals surface area (Å²) in [7, 11) is 0. The maximum atomic E-state index is 12.3. The highest BCUT2D eigenvalue weighted by Crippen LogP contribution is 2.25. The summed E-state index contributed by atoms with van der Waals surface area (Å²) >= 11 is 1.41. The predicted octanol–water partition coefficient (Wildman–Crippen LogP) is 3.38. The fraction of sp³-hybridized carbons (Fsp3) is 0.211. The molecule has 0 saturated carbocycles. The number of ether oxygens (including phenoxy) is 1. The predicted molar refractivity (Wildman–Crippen MR) is 111 cm³/mol. The van der Waals surface area contributed by atoms with Gasteiger partial charge in [-0.2, -0.15) is 4.98 Å². The zero-order valence-electron chi connectivity index (χ0n) is 15.7. The summed E-state index contributed by atoms with van der Waals surface area (Å²) in [5.74, 6) is 1.05. The molecule has 3 N–H and O–H groups in total. The van der Waals surface area contributed by atoms with Gasteiger partial charge < -0.3 is 14.7 Å². The molecule has 1 fully saturated rings. The standard InChI is InChI=1S/C19H18N6O4S/c26-18(24-15-11-30-17(22-15)12-4-7-20-8-5-12)23-14-2-1-3-16(21-14)29-13-6-9-25(10-13)19(27)28/h1-5,7-8,11,13H,6,9-10H2,(H,27,28)(H2,21,23,24,26). The fourth-order valence-electron chi connectivity index (χ4n) is 2.94. The van der Waals surface area contributed by atoms with Crippen molar-refractivity contribution >= 4 is 35.1 Å². The average Bonchev–Trinajstić information content (AvgIpc) is 3.39. The number of hydrogen-bond donors (Lipinski definition) is 3. The van der Waals surface area contributed by atoms with Gasteiger partial charge in [0.1, 0.15) is 22.7 Å². The topological polar surface area (TPSA) is 130 Å². The maximum absolute atomic E-state index is 12.3. The van der Waals surface area contributed by atoms with Crippen molar-refractivity contribution in [2.45, 2.75) is 12.5 Å². The molecule has 0 aromatic carbocycles. The Bertz CT molecular complexity index is 1040. The lowest BCUT2D eigenvalue weighted by Gasteiger charge is -2.14. The van der Waals surface area contributed by atoms with Gasteiger partial charge in [-0.05, 0) is 18.2 Å². The Balaban J connectivity index is 1.33. The number of aromatic nitrogens is 3. The number of anilines is 2. The molecule has 1 atom stereocenters. The number of amides is 3. The number of likely N-dealkylation sites (tertiary alicyclic amines) is 1. The van der Waals surface area contributed by atoms with Crippen molar-refractivity contribution in [1.29, 1.82) is 0 Å². The molecule has 1 saturated heterocycles. The minimum absolute atomic E-state index is 0.265. The molecule has 11 heteroatoms. The molecule has 3 aromatic heterocycles. The molecular weight excluding hydrogens is 408 g/mol. The second-order valence-corrected chi connectivity index (χ2v) is 7.33. The zero-order chi connectivity index (χ0) is 20.9. The van der Waals surface area contributed by atoms with Crippen molar-refractivity contribution in [2.75, 3.05) is 23.7 Å². The first kappa shape index (κ1) is 19.6. The minimum atomic E-state index is -0.963. The molecule has 0 aliphatic carbocycles. The van der Waals surface area contributed by atoms with Gasteiger partial charge >= 0.3 is 12.1 Å². The Morgan fingerprint density at radius 2 is 1.93 bits per heavy atom. The van der Waals surface area contributed by atoms with Crippen molar-refractivity contribution in [2.24, 2.45) is 0 Å². The molecule has 1 aliphatic heterocycles. The first-order valence-corrected chi connectivity index (χ1v) is 10.0. The van der Waals surface area contributed by atoms with Crippen molar-refractivity contribution < 1.29 is 19.4 Å². The third-order valence-electron chi connectivity index (χ3n) is 4.34. The molecule has 4 rings (SSSR count). The van der Waals surface area contributed by atoms with E-state index in [0.29, 0.717) is 37.0 Å². The van der Waals surface area contributed by atoms with Crippen molar-refractivity contribution in [1.82, 2.24) is 19.9 Å². The van der Waals surface area contributed by atoms with E-state index in [0.717, 1.165) is 10.6 Å². The van der Waals surface area contributed by atoms with E-state index < -0.39 is 12.1 Å². The third kappa shape index (κ3) is 4.81. The van der Waals surface area contributed by atoms with Crippen LogP contribution in [0, 0.1) is 0 Å². The number of urea groups is 1. The van der Waals surface area contributed by atoms with Crippen LogP contribution in [0.1, 0.15) is 6.42 Å². The summed E-state index contributed by atoms with van der Waals surface area (Å²) in [5, 5.41) is 16.9. The monoisotopic (exact) mass is 426 g/mol. The maximum Gasteiger partial charge on any atom is 0.407 e. The van der Waals surface area contributed by atoms with Gasteiger partial charge in [-0.25, -0.2) is 14.6 Å². The fourth-order valence-corrected chi connectivity index (χ4v) is 3.70. The highest BCUT2D eigenvalue weighted by atomic mass is 32.1. The highest BCUT2D eigenvalue weighted by Gasteiger charge is 2.27. The number of nitrogens with one attached hydrogen (secondary N) is 2. The van der Waals surface area contributed by atoms with Crippen LogP contribution in [0.5, 0.6) is 5.88 Å². The normalized spacial score (nSPS) is 15.6. The van der Waals surface area contributed by atoms with Gasteiger partial charge in [0.15, 0.2) is 0 Å². The van der Waals surface area contributed by atoms with Crippen LogP contribution >= 0.6 is 11.3 Å². The first-order valence-electron chi connectivity index (χ1n) is 9.12.